The number of hydrogen-bond donors (Lipinski definition) is 1. The van der Waals surface area contributed by atoms with E-state index in [1.54, 1.807) is 17.8 Å². The van der Waals surface area contributed by atoms with E-state index >= 15 is 0 Å². The molecule has 0 bridgehead atoms. The summed E-state index contributed by atoms with van der Waals surface area (Å²) in [6.07, 6.45) is 2.24. The molecule has 1 aliphatic rings. The highest BCUT2D eigenvalue weighted by Gasteiger charge is 2.27. The Balaban J connectivity index is 1.95. The number of benzene rings is 1. The third kappa shape index (κ3) is 5.56. The Hall–Kier alpha value is -1.37. The van der Waals surface area contributed by atoms with Crippen LogP contribution in [0.1, 0.15) is 44.1 Å². The van der Waals surface area contributed by atoms with Crippen LogP contribution in [0, 0.1) is 5.92 Å². The number of primary amides is 1. The number of nitrogens with zero attached hydrogens (tertiary/aromatic N) is 2. The molecule has 1 aliphatic carbocycles. The Labute approximate surface area is 173 Å². The monoisotopic (exact) mass is 427 g/mol. The number of ether oxygens (including phenoxy) is 1. The summed E-state index contributed by atoms with van der Waals surface area (Å²) >= 11 is 14.0. The van der Waals surface area contributed by atoms with E-state index in [0.717, 1.165) is 28.0 Å². The Kier molecular flexibility index (Phi) is 6.61. The molecule has 2 N–H and O–H groups in total. The Morgan fingerprint density at radius 3 is 2.56 bits per heavy atom. The van der Waals surface area contributed by atoms with Crippen molar-refractivity contribution in [1.82, 2.24) is 9.55 Å². The Morgan fingerprint density at radius 1 is 1.33 bits per heavy atom. The smallest absolute Gasteiger partial charge is 0.404 e. The van der Waals surface area contributed by atoms with Crippen LogP contribution in [-0.2, 0) is 17.7 Å². The molecule has 1 aromatic carbocycles. The fraction of sp³-hybridized carbons (Fsp3) is 0.474. The van der Waals surface area contributed by atoms with E-state index in [1.807, 2.05) is 12.1 Å². The zero-order valence-corrected chi connectivity index (χ0v) is 17.7. The number of halogens is 2. The van der Waals surface area contributed by atoms with Crippen molar-refractivity contribution >= 4 is 41.1 Å². The molecule has 0 saturated heterocycles. The van der Waals surface area contributed by atoms with Crippen molar-refractivity contribution in [2.45, 2.75) is 55.5 Å². The summed E-state index contributed by atoms with van der Waals surface area (Å²) < 4.78 is 7.19. The molecular formula is C19H23Cl2N3O2S. The van der Waals surface area contributed by atoms with Gasteiger partial charge in [-0.1, -0.05) is 48.8 Å². The summed E-state index contributed by atoms with van der Waals surface area (Å²) in [4.78, 5) is 16.7. The lowest BCUT2D eigenvalue weighted by Crippen LogP contribution is -2.16. The summed E-state index contributed by atoms with van der Waals surface area (Å²) in [7, 11) is 0. The van der Waals surface area contributed by atoms with E-state index in [-0.39, 0.29) is 12.5 Å². The van der Waals surface area contributed by atoms with Crippen molar-refractivity contribution in [3.05, 3.63) is 39.8 Å². The molecule has 0 unspecified atom stereocenters. The minimum Gasteiger partial charge on any atom is -0.449 e. The lowest BCUT2D eigenvalue weighted by Gasteiger charge is -2.13. The lowest BCUT2D eigenvalue weighted by atomic mass is 10.1. The first kappa shape index (κ1) is 20.4. The summed E-state index contributed by atoms with van der Waals surface area (Å²) in [5.74, 6) is 1.86. The second kappa shape index (κ2) is 8.76. The van der Waals surface area contributed by atoms with Crippen molar-refractivity contribution in [2.24, 2.45) is 11.7 Å². The third-order valence-electron chi connectivity index (χ3n) is 4.33. The topological polar surface area (TPSA) is 70.1 Å². The minimum absolute atomic E-state index is 0.224. The van der Waals surface area contributed by atoms with Crippen LogP contribution >= 0.6 is 35.0 Å². The van der Waals surface area contributed by atoms with Gasteiger partial charge in [-0.25, -0.2) is 9.78 Å². The Bertz CT molecular complexity index is 814. The van der Waals surface area contributed by atoms with E-state index in [1.165, 1.54) is 12.8 Å². The first-order valence-corrected chi connectivity index (χ1v) is 10.6. The average molecular weight is 428 g/mol. The number of imidazole rings is 1. The zero-order chi connectivity index (χ0) is 19.6. The van der Waals surface area contributed by atoms with Crippen molar-refractivity contribution in [3.63, 3.8) is 0 Å². The van der Waals surface area contributed by atoms with Crippen LogP contribution in [0.3, 0.4) is 0 Å². The summed E-state index contributed by atoms with van der Waals surface area (Å²) in [6, 6.07) is 5.55. The number of carbonyl (C=O) groups is 1. The van der Waals surface area contributed by atoms with Crippen molar-refractivity contribution in [2.75, 3.05) is 6.61 Å². The molecule has 0 spiro atoms. The average Bonchev–Trinajstić information content (AvgIpc) is 3.31. The number of rotatable bonds is 8. The number of aromatic nitrogens is 2. The molecular weight excluding hydrogens is 405 g/mol. The molecule has 146 valence electrons. The molecule has 0 aliphatic heterocycles. The van der Waals surface area contributed by atoms with Crippen molar-refractivity contribution in [3.8, 4) is 0 Å². The number of carbonyl (C=O) groups excluding carboxylic acids is 1. The molecule has 1 heterocycles. The van der Waals surface area contributed by atoms with Gasteiger partial charge in [-0.05, 0) is 42.9 Å². The van der Waals surface area contributed by atoms with Gasteiger partial charge in [0, 0.05) is 27.9 Å². The van der Waals surface area contributed by atoms with Gasteiger partial charge < -0.3 is 15.0 Å². The lowest BCUT2D eigenvalue weighted by molar-refractivity contribution is 0.157. The van der Waals surface area contributed by atoms with Gasteiger partial charge in [0.1, 0.15) is 17.5 Å². The van der Waals surface area contributed by atoms with Gasteiger partial charge >= 0.3 is 6.09 Å². The third-order valence-corrected chi connectivity index (χ3v) is 5.86. The van der Waals surface area contributed by atoms with E-state index < -0.39 is 6.09 Å². The highest BCUT2D eigenvalue weighted by atomic mass is 35.5. The maximum atomic E-state index is 10.9. The fourth-order valence-electron chi connectivity index (χ4n) is 2.87. The maximum Gasteiger partial charge on any atom is 0.404 e. The summed E-state index contributed by atoms with van der Waals surface area (Å²) in [5.41, 5.74) is 6.11. The normalized spacial score (nSPS) is 14.0. The zero-order valence-electron chi connectivity index (χ0n) is 15.4. The summed E-state index contributed by atoms with van der Waals surface area (Å²) in [6.45, 7) is 5.40. The van der Waals surface area contributed by atoms with Crippen molar-refractivity contribution in [1.29, 1.82) is 0 Å². The van der Waals surface area contributed by atoms with Gasteiger partial charge in [-0.3, -0.25) is 0 Å². The van der Waals surface area contributed by atoms with Gasteiger partial charge in [0.05, 0.1) is 5.69 Å². The molecule has 0 radical (unpaired) electrons. The second-order valence-corrected chi connectivity index (χ2v) is 8.99. The predicted octanol–water partition coefficient (Wildman–Crippen LogP) is 5.51. The molecule has 0 atom stereocenters. The van der Waals surface area contributed by atoms with E-state index in [4.69, 9.17) is 38.7 Å². The molecule has 8 heteroatoms. The van der Waals surface area contributed by atoms with Crippen LogP contribution in [0.15, 0.2) is 28.1 Å². The molecule has 1 saturated carbocycles. The number of hydrogen-bond acceptors (Lipinski definition) is 4. The molecule has 5 nitrogen and oxygen atoms in total. The molecule has 2 aromatic rings. The van der Waals surface area contributed by atoms with Gasteiger partial charge in [0.2, 0.25) is 0 Å². The largest absolute Gasteiger partial charge is 0.449 e. The highest BCUT2D eigenvalue weighted by molar-refractivity contribution is 7.99. The van der Waals surface area contributed by atoms with Gasteiger partial charge in [-0.2, -0.15) is 0 Å². The fourth-order valence-corrected chi connectivity index (χ4v) is 4.79. The first-order chi connectivity index (χ1) is 12.8. The predicted molar refractivity (Wildman–Crippen MR) is 109 cm³/mol. The maximum absolute atomic E-state index is 10.9. The van der Waals surface area contributed by atoms with Crippen LogP contribution in [-0.4, -0.2) is 22.3 Å². The van der Waals surface area contributed by atoms with E-state index in [9.17, 15) is 4.79 Å². The molecule has 1 fully saturated rings. The Morgan fingerprint density at radius 2 is 2.00 bits per heavy atom. The molecule has 3 rings (SSSR count). The van der Waals surface area contributed by atoms with Crippen LogP contribution in [0.4, 0.5) is 4.79 Å². The van der Waals surface area contributed by atoms with Crippen molar-refractivity contribution < 1.29 is 9.53 Å². The first-order valence-electron chi connectivity index (χ1n) is 8.99. The van der Waals surface area contributed by atoms with E-state index in [2.05, 4.69) is 18.4 Å². The van der Waals surface area contributed by atoms with Gasteiger partial charge in [0.15, 0.2) is 0 Å². The highest BCUT2D eigenvalue weighted by Crippen LogP contribution is 2.40. The molecule has 1 aromatic heterocycles. The number of nitrogens with two attached hydrogens (primary N) is 1. The van der Waals surface area contributed by atoms with Crippen LogP contribution in [0.25, 0.3) is 0 Å². The molecule has 1 amide bonds. The summed E-state index contributed by atoms with van der Waals surface area (Å²) in [5, 5.41) is 2.32. The van der Waals surface area contributed by atoms with Crippen LogP contribution < -0.4 is 5.73 Å². The van der Waals surface area contributed by atoms with Crippen LogP contribution in [0.2, 0.25) is 10.0 Å². The van der Waals surface area contributed by atoms with E-state index in [0.29, 0.717) is 22.4 Å². The van der Waals surface area contributed by atoms with Gasteiger partial charge in [-0.15, -0.1) is 0 Å². The SMILES string of the molecule is CC(C)c1nc(CCOC(N)=O)n(CC2CC2)c1Sc1cc(Cl)cc(Cl)c1. The number of amides is 1. The standard InChI is InChI=1S/C19H23Cl2N3O2S/c1-11(2)17-18(27-15-8-13(20)7-14(21)9-15)24(10-12-3-4-12)16(23-17)5-6-26-19(22)25/h7-9,11-12H,3-6,10H2,1-2H3,(H2,22,25). The molecule has 27 heavy (non-hydrogen) atoms. The minimum atomic E-state index is -0.762. The second-order valence-electron chi connectivity index (χ2n) is 7.05. The van der Waals surface area contributed by atoms with Crippen LogP contribution in [0.5, 0.6) is 0 Å². The van der Waals surface area contributed by atoms with Gasteiger partial charge in [0.25, 0.3) is 0 Å². The quantitative estimate of drug-likeness (QED) is 0.602.